The maximum absolute atomic E-state index is 15.5. The molecule has 40 heavy (non-hydrogen) atoms. The van der Waals surface area contributed by atoms with Gasteiger partial charge < -0.3 is 4.90 Å². The summed E-state index contributed by atoms with van der Waals surface area (Å²) in [6.45, 7) is 4.38. The first-order valence-electron chi connectivity index (χ1n) is 13.4. The van der Waals surface area contributed by atoms with Gasteiger partial charge in [-0.15, -0.1) is 0 Å². The van der Waals surface area contributed by atoms with Crippen LogP contribution in [0.1, 0.15) is 59.2 Å². The van der Waals surface area contributed by atoms with Crippen molar-refractivity contribution in [2.45, 2.75) is 56.4 Å². The number of rotatable bonds is 8. The van der Waals surface area contributed by atoms with Crippen LogP contribution >= 0.6 is 11.5 Å². The van der Waals surface area contributed by atoms with E-state index in [-0.39, 0.29) is 41.1 Å². The quantitative estimate of drug-likeness (QED) is 0.351. The number of carbonyl (C=O) groups excluding carboxylic acids is 1. The predicted molar refractivity (Wildman–Crippen MR) is 155 cm³/mol. The third kappa shape index (κ3) is 4.67. The summed E-state index contributed by atoms with van der Waals surface area (Å²) in [5, 5.41) is 0.771. The van der Waals surface area contributed by atoms with Gasteiger partial charge in [0.1, 0.15) is 10.8 Å². The van der Waals surface area contributed by atoms with E-state index in [9.17, 15) is 18.0 Å². The third-order valence-corrected chi connectivity index (χ3v) is 10.7. The van der Waals surface area contributed by atoms with Crippen LogP contribution in [0, 0.1) is 12.7 Å². The van der Waals surface area contributed by atoms with E-state index in [2.05, 4.69) is 4.37 Å². The Labute approximate surface area is 236 Å². The molecule has 1 N–H and O–H groups in total. The zero-order chi connectivity index (χ0) is 28.2. The Morgan fingerprint density at radius 3 is 2.60 bits per heavy atom. The Hall–Kier alpha value is -3.34. The third-order valence-electron chi connectivity index (χ3n) is 8.01. The SMILES string of the molecule is CCc1c(N(c2cc(C3C=CC4=C(C3)CN(S(=O)(=O)c3ccc(C)cc3)C4)c(F)cc2C=O)C2CC2)s[nH]c1=O. The van der Waals surface area contributed by atoms with Gasteiger partial charge in [-0.1, -0.05) is 36.8 Å². The van der Waals surface area contributed by atoms with Crippen molar-refractivity contribution in [3.05, 3.63) is 98.1 Å². The van der Waals surface area contributed by atoms with Gasteiger partial charge in [0.15, 0.2) is 6.29 Å². The molecule has 1 atom stereocenters. The molecule has 1 saturated carbocycles. The standard InChI is InChI=1S/C30H30FN3O4S2/c1-3-25-29(36)32-39-30(25)34(23-8-9-23)28-14-26(27(31)13-22(28)17-35)19-6-7-20-15-33(16-21(20)12-19)40(37,38)24-10-4-18(2)5-11-24/h4-7,10-11,13-14,17,19,23H,3,8-9,12,15-16H2,1-2H3,(H,32,36). The highest BCUT2D eigenvalue weighted by molar-refractivity contribution is 7.89. The molecule has 2 aliphatic carbocycles. The zero-order valence-corrected chi connectivity index (χ0v) is 23.9. The number of hydrogen-bond donors (Lipinski definition) is 1. The lowest BCUT2D eigenvalue weighted by molar-refractivity contribution is 0.112. The van der Waals surface area contributed by atoms with Crippen LogP contribution in [0.2, 0.25) is 0 Å². The number of carbonyl (C=O) groups is 1. The highest BCUT2D eigenvalue weighted by Gasteiger charge is 2.37. The molecule has 3 aromatic rings. The number of aromatic amines is 1. The van der Waals surface area contributed by atoms with E-state index in [1.165, 1.54) is 21.9 Å². The lowest BCUT2D eigenvalue weighted by atomic mass is 9.85. The monoisotopic (exact) mass is 579 g/mol. The fourth-order valence-corrected chi connectivity index (χ4v) is 8.09. The average molecular weight is 580 g/mol. The second-order valence-electron chi connectivity index (χ2n) is 10.7. The lowest BCUT2D eigenvalue weighted by Gasteiger charge is -2.27. The van der Waals surface area contributed by atoms with Crippen LogP contribution < -0.4 is 10.5 Å². The molecule has 0 amide bonds. The van der Waals surface area contributed by atoms with Gasteiger partial charge in [0.2, 0.25) is 10.0 Å². The second-order valence-corrected chi connectivity index (χ2v) is 13.4. The first kappa shape index (κ1) is 26.9. The molecule has 6 rings (SSSR count). The number of anilines is 2. The summed E-state index contributed by atoms with van der Waals surface area (Å²) in [6, 6.07) is 10.0. The fourth-order valence-electron chi connectivity index (χ4n) is 5.65. The van der Waals surface area contributed by atoms with Crippen molar-refractivity contribution in [2.24, 2.45) is 0 Å². The molecular formula is C30H30FN3O4S2. The molecule has 1 unspecified atom stereocenters. The maximum Gasteiger partial charge on any atom is 0.263 e. The highest BCUT2D eigenvalue weighted by atomic mass is 32.2. The van der Waals surface area contributed by atoms with Crippen molar-refractivity contribution in [3.63, 3.8) is 0 Å². The lowest BCUT2D eigenvalue weighted by Crippen LogP contribution is -2.29. The van der Waals surface area contributed by atoms with E-state index in [0.717, 1.165) is 34.6 Å². The second kappa shape index (κ2) is 10.2. The van der Waals surface area contributed by atoms with E-state index in [1.54, 1.807) is 30.3 Å². The van der Waals surface area contributed by atoms with Crippen LogP contribution in [0.4, 0.5) is 15.1 Å². The molecule has 0 radical (unpaired) electrons. The van der Waals surface area contributed by atoms with Crippen molar-refractivity contribution in [3.8, 4) is 0 Å². The molecule has 1 aromatic heterocycles. The average Bonchev–Trinajstić information content (AvgIpc) is 3.57. The molecule has 1 aliphatic heterocycles. The van der Waals surface area contributed by atoms with Gasteiger partial charge in [0.25, 0.3) is 5.56 Å². The molecule has 2 heterocycles. The Balaban J connectivity index is 1.30. The number of nitrogens with zero attached hydrogens (tertiary/aromatic N) is 2. The molecule has 7 nitrogen and oxygen atoms in total. The summed E-state index contributed by atoms with van der Waals surface area (Å²) in [4.78, 5) is 26.8. The van der Waals surface area contributed by atoms with Crippen LogP contribution in [-0.2, 0) is 16.4 Å². The Bertz CT molecular complexity index is 1720. The molecule has 0 bridgehead atoms. The predicted octanol–water partition coefficient (Wildman–Crippen LogP) is 5.60. The summed E-state index contributed by atoms with van der Waals surface area (Å²) in [5.41, 5.74) is 4.73. The minimum atomic E-state index is -3.66. The fraction of sp³-hybridized carbons (Fsp3) is 0.333. The summed E-state index contributed by atoms with van der Waals surface area (Å²) in [5.74, 6) is -0.780. The van der Waals surface area contributed by atoms with E-state index in [4.69, 9.17) is 0 Å². The maximum atomic E-state index is 15.5. The molecule has 0 saturated heterocycles. The number of nitrogens with one attached hydrogen (secondary N) is 1. The summed E-state index contributed by atoms with van der Waals surface area (Å²) in [7, 11) is -3.66. The van der Waals surface area contributed by atoms with E-state index >= 15 is 4.39 Å². The number of allylic oxidation sites excluding steroid dienone is 1. The molecule has 10 heteroatoms. The number of aryl methyl sites for hydroxylation is 1. The Morgan fingerprint density at radius 2 is 1.93 bits per heavy atom. The zero-order valence-electron chi connectivity index (χ0n) is 22.3. The Kier molecular flexibility index (Phi) is 6.88. The van der Waals surface area contributed by atoms with Gasteiger partial charge in [0, 0.05) is 30.6 Å². The topological polar surface area (TPSA) is 90.6 Å². The number of aldehydes is 1. The number of aromatic nitrogens is 1. The molecule has 208 valence electrons. The van der Waals surface area contributed by atoms with Gasteiger partial charge in [-0.05, 0) is 85.1 Å². The number of hydrogen-bond acceptors (Lipinski definition) is 6. The summed E-state index contributed by atoms with van der Waals surface area (Å²) >= 11 is 1.25. The summed E-state index contributed by atoms with van der Waals surface area (Å²) < 4.78 is 46.4. The van der Waals surface area contributed by atoms with Crippen molar-refractivity contribution >= 4 is 38.5 Å². The molecule has 0 spiro atoms. The van der Waals surface area contributed by atoms with Crippen LogP contribution in [0.15, 0.2) is 69.4 Å². The normalized spacial score (nSPS) is 19.2. The van der Waals surface area contributed by atoms with Gasteiger partial charge in [-0.2, -0.15) is 4.31 Å². The van der Waals surface area contributed by atoms with Crippen LogP contribution in [0.25, 0.3) is 0 Å². The first-order valence-corrected chi connectivity index (χ1v) is 15.7. The highest BCUT2D eigenvalue weighted by Crippen LogP contribution is 2.45. The molecule has 2 aromatic carbocycles. The number of benzene rings is 2. The van der Waals surface area contributed by atoms with Crippen molar-refractivity contribution < 1.29 is 17.6 Å². The van der Waals surface area contributed by atoms with Crippen LogP contribution in [0.5, 0.6) is 0 Å². The molecule has 3 aliphatic rings. The van der Waals surface area contributed by atoms with E-state index < -0.39 is 15.8 Å². The number of sulfonamides is 1. The largest absolute Gasteiger partial charge is 0.328 e. The van der Waals surface area contributed by atoms with Gasteiger partial charge in [0.05, 0.1) is 16.1 Å². The van der Waals surface area contributed by atoms with Crippen molar-refractivity contribution in [1.29, 1.82) is 0 Å². The van der Waals surface area contributed by atoms with Crippen LogP contribution in [0.3, 0.4) is 0 Å². The van der Waals surface area contributed by atoms with Crippen LogP contribution in [-0.4, -0.2) is 42.5 Å². The number of H-pyrrole nitrogens is 1. The van der Waals surface area contributed by atoms with Gasteiger partial charge in [-0.25, -0.2) is 12.8 Å². The minimum absolute atomic E-state index is 0.135. The molecular weight excluding hydrogens is 549 g/mol. The smallest absolute Gasteiger partial charge is 0.263 e. The van der Waals surface area contributed by atoms with Gasteiger partial charge in [-0.3, -0.25) is 14.0 Å². The van der Waals surface area contributed by atoms with E-state index in [0.29, 0.717) is 35.9 Å². The van der Waals surface area contributed by atoms with Gasteiger partial charge >= 0.3 is 0 Å². The molecule has 1 fully saturated rings. The Morgan fingerprint density at radius 1 is 1.18 bits per heavy atom. The first-order chi connectivity index (χ1) is 19.2. The minimum Gasteiger partial charge on any atom is -0.328 e. The van der Waals surface area contributed by atoms with Crippen molar-refractivity contribution in [1.82, 2.24) is 8.68 Å². The summed E-state index contributed by atoms with van der Waals surface area (Å²) in [6.07, 6.45) is 7.39. The van der Waals surface area contributed by atoms with E-state index in [1.807, 2.05) is 30.9 Å². The van der Waals surface area contributed by atoms with Crippen molar-refractivity contribution in [2.75, 3.05) is 18.0 Å². The number of halogens is 1.